The number of nitrogens with one attached hydrogen (secondary N) is 2. The molecular weight excluding hydrogens is 282 g/mol. The number of hydrogen-bond donors (Lipinski definition) is 2. The monoisotopic (exact) mass is 295 g/mol. The Balaban J connectivity index is 2.66. The van der Waals surface area contributed by atoms with E-state index < -0.39 is 18.0 Å². The minimum Gasteiger partial charge on any atom is -0.479 e. The van der Waals surface area contributed by atoms with Gasteiger partial charge in [-0.25, -0.2) is 4.79 Å². The molecule has 1 atom stereocenters. The second-order valence-electron chi connectivity index (χ2n) is 3.87. The van der Waals surface area contributed by atoms with Crippen molar-refractivity contribution in [2.45, 2.75) is 20.0 Å². The smallest absolute Gasteiger partial charge is 0.321 e. The van der Waals surface area contributed by atoms with Gasteiger partial charge in [0.25, 0.3) is 5.91 Å². The minimum atomic E-state index is -0.900. The van der Waals surface area contributed by atoms with Gasteiger partial charge in [0.2, 0.25) is 0 Å². The van der Waals surface area contributed by atoms with Crippen LogP contribution in [0.4, 0.5) is 4.79 Å². The average Bonchev–Trinajstić information content (AvgIpc) is 2.41. The van der Waals surface area contributed by atoms with Crippen molar-refractivity contribution in [2.75, 3.05) is 6.54 Å². The van der Waals surface area contributed by atoms with E-state index >= 15 is 0 Å². The molecule has 0 aliphatic rings. The summed E-state index contributed by atoms with van der Waals surface area (Å²) in [4.78, 5) is 22.9. The van der Waals surface area contributed by atoms with Crippen molar-refractivity contribution in [2.24, 2.45) is 0 Å². The van der Waals surface area contributed by atoms with Crippen LogP contribution >= 0.6 is 11.6 Å². The third kappa shape index (κ3) is 4.44. The highest BCUT2D eigenvalue weighted by molar-refractivity contribution is 6.32. The number of ether oxygens (including phenoxy) is 1. The molecule has 0 saturated heterocycles. The van der Waals surface area contributed by atoms with E-state index in [9.17, 15) is 9.59 Å². The molecule has 1 aromatic carbocycles. The fraction of sp³-hybridized carbons (Fsp3) is 0.308. The van der Waals surface area contributed by atoms with E-state index in [1.165, 1.54) is 25.1 Å². The molecule has 0 saturated carbocycles. The van der Waals surface area contributed by atoms with Crippen molar-refractivity contribution < 1.29 is 14.3 Å². The van der Waals surface area contributed by atoms with Gasteiger partial charge in [0.15, 0.2) is 6.10 Å². The van der Waals surface area contributed by atoms with Crippen molar-refractivity contribution in [1.29, 1.82) is 5.26 Å². The van der Waals surface area contributed by atoms with Crippen molar-refractivity contribution in [1.82, 2.24) is 10.6 Å². The number of benzene rings is 1. The highest BCUT2D eigenvalue weighted by Crippen LogP contribution is 2.26. The number of rotatable bonds is 4. The standard InChI is InChI=1S/C13H14ClN3O3/c1-3-16-13(19)17-12(18)8(2)20-11-5-4-9(7-15)6-10(11)14/h4-6,8H,3H2,1-2H3,(H2,16,17,18,19)/t8-/m0/s1. The number of hydrogen-bond acceptors (Lipinski definition) is 4. The maximum absolute atomic E-state index is 11.7. The molecule has 0 aliphatic heterocycles. The molecular formula is C13H14ClN3O3. The van der Waals surface area contributed by atoms with Crippen LogP contribution in [-0.4, -0.2) is 24.6 Å². The quantitative estimate of drug-likeness (QED) is 0.886. The van der Waals surface area contributed by atoms with Crippen LogP contribution in [0.25, 0.3) is 0 Å². The maximum Gasteiger partial charge on any atom is 0.321 e. The van der Waals surface area contributed by atoms with Crippen LogP contribution < -0.4 is 15.4 Å². The number of carbonyl (C=O) groups is 2. The average molecular weight is 296 g/mol. The lowest BCUT2D eigenvalue weighted by molar-refractivity contribution is -0.126. The zero-order chi connectivity index (χ0) is 15.1. The Kier molecular flexibility index (Phi) is 5.81. The SMILES string of the molecule is CCNC(=O)NC(=O)[C@H](C)Oc1ccc(C#N)cc1Cl. The van der Waals surface area contributed by atoms with Gasteiger partial charge >= 0.3 is 6.03 Å². The second-order valence-corrected chi connectivity index (χ2v) is 4.27. The summed E-state index contributed by atoms with van der Waals surface area (Å²) in [7, 11) is 0. The third-order valence-electron chi connectivity index (χ3n) is 2.31. The minimum absolute atomic E-state index is 0.224. The first-order valence-corrected chi connectivity index (χ1v) is 6.30. The Bertz CT molecular complexity index is 554. The molecule has 0 bridgehead atoms. The zero-order valence-electron chi connectivity index (χ0n) is 11.1. The van der Waals surface area contributed by atoms with Gasteiger partial charge in [0, 0.05) is 6.54 Å². The Morgan fingerprint density at radius 1 is 1.50 bits per heavy atom. The van der Waals surface area contributed by atoms with Crippen LogP contribution in [-0.2, 0) is 4.79 Å². The van der Waals surface area contributed by atoms with Crippen LogP contribution in [0.1, 0.15) is 19.4 Å². The van der Waals surface area contributed by atoms with Crippen molar-refractivity contribution in [3.05, 3.63) is 28.8 Å². The molecule has 106 valence electrons. The van der Waals surface area contributed by atoms with E-state index in [4.69, 9.17) is 21.6 Å². The fourth-order valence-corrected chi connectivity index (χ4v) is 1.55. The van der Waals surface area contributed by atoms with Crippen molar-refractivity contribution in [3.63, 3.8) is 0 Å². The van der Waals surface area contributed by atoms with E-state index in [2.05, 4.69) is 10.6 Å². The number of halogens is 1. The Labute approximate surface area is 121 Å². The van der Waals surface area contributed by atoms with Crippen molar-refractivity contribution >= 4 is 23.5 Å². The first kappa shape index (κ1) is 15.8. The first-order chi connectivity index (χ1) is 9.47. The molecule has 0 radical (unpaired) electrons. The molecule has 1 aromatic rings. The number of carbonyl (C=O) groups excluding carboxylic acids is 2. The number of urea groups is 1. The molecule has 1 rings (SSSR count). The lowest BCUT2D eigenvalue weighted by Gasteiger charge is -2.15. The Morgan fingerprint density at radius 3 is 2.75 bits per heavy atom. The van der Waals surface area contributed by atoms with Gasteiger partial charge in [0.05, 0.1) is 16.7 Å². The van der Waals surface area contributed by atoms with Gasteiger partial charge in [-0.15, -0.1) is 0 Å². The number of nitriles is 1. The molecule has 3 amide bonds. The summed E-state index contributed by atoms with van der Waals surface area (Å²) in [5.74, 6) is -0.319. The van der Waals surface area contributed by atoms with Crippen molar-refractivity contribution in [3.8, 4) is 11.8 Å². The summed E-state index contributed by atoms with van der Waals surface area (Å²) in [6, 6.07) is 5.81. The van der Waals surface area contributed by atoms with Crippen LogP contribution in [0.2, 0.25) is 5.02 Å². The summed E-state index contributed by atoms with van der Waals surface area (Å²) in [6.45, 7) is 3.64. The van der Waals surface area contributed by atoms with E-state index in [0.29, 0.717) is 12.1 Å². The van der Waals surface area contributed by atoms with Crippen LogP contribution in [0.15, 0.2) is 18.2 Å². The lowest BCUT2D eigenvalue weighted by Crippen LogP contribution is -2.45. The van der Waals surface area contributed by atoms with E-state index in [0.717, 1.165) is 0 Å². The molecule has 7 heteroatoms. The van der Waals surface area contributed by atoms with E-state index in [1.54, 1.807) is 6.92 Å². The molecule has 0 heterocycles. The van der Waals surface area contributed by atoms with Gasteiger partial charge in [-0.1, -0.05) is 11.6 Å². The molecule has 0 aliphatic carbocycles. The largest absolute Gasteiger partial charge is 0.479 e. The Hall–Kier alpha value is -2.26. The summed E-state index contributed by atoms with van der Waals surface area (Å²) < 4.78 is 5.35. The molecule has 0 fully saturated rings. The molecule has 0 aromatic heterocycles. The molecule has 6 nitrogen and oxygen atoms in total. The van der Waals surface area contributed by atoms with Gasteiger partial charge in [-0.05, 0) is 32.0 Å². The number of amides is 3. The normalized spacial score (nSPS) is 11.1. The van der Waals surface area contributed by atoms with Crippen LogP contribution in [0, 0.1) is 11.3 Å². The van der Waals surface area contributed by atoms with Gasteiger partial charge in [-0.3, -0.25) is 10.1 Å². The third-order valence-corrected chi connectivity index (χ3v) is 2.60. The van der Waals surface area contributed by atoms with Crippen LogP contribution in [0.3, 0.4) is 0 Å². The summed E-state index contributed by atoms with van der Waals surface area (Å²) >= 11 is 5.93. The van der Waals surface area contributed by atoms with Gasteiger partial charge < -0.3 is 10.1 Å². The summed E-state index contributed by atoms with van der Waals surface area (Å²) in [5, 5.41) is 13.5. The molecule has 0 unspecified atom stereocenters. The maximum atomic E-state index is 11.7. The summed E-state index contributed by atoms with van der Waals surface area (Å²) in [5.41, 5.74) is 0.391. The summed E-state index contributed by atoms with van der Waals surface area (Å²) in [6.07, 6.45) is -0.900. The van der Waals surface area contributed by atoms with Gasteiger partial charge in [-0.2, -0.15) is 5.26 Å². The zero-order valence-corrected chi connectivity index (χ0v) is 11.8. The van der Waals surface area contributed by atoms with E-state index in [-0.39, 0.29) is 10.8 Å². The topological polar surface area (TPSA) is 91.2 Å². The first-order valence-electron chi connectivity index (χ1n) is 5.93. The van der Waals surface area contributed by atoms with E-state index in [1.807, 2.05) is 6.07 Å². The molecule has 20 heavy (non-hydrogen) atoms. The van der Waals surface area contributed by atoms with Gasteiger partial charge in [0.1, 0.15) is 5.75 Å². The molecule has 0 spiro atoms. The second kappa shape index (κ2) is 7.36. The predicted molar refractivity (Wildman–Crippen MR) is 73.5 cm³/mol. The fourth-order valence-electron chi connectivity index (χ4n) is 1.33. The predicted octanol–water partition coefficient (Wildman–Crippen LogP) is 1.82. The van der Waals surface area contributed by atoms with Crippen LogP contribution in [0.5, 0.6) is 5.75 Å². The lowest BCUT2D eigenvalue weighted by atomic mass is 10.2. The number of nitrogens with zero attached hydrogens (tertiary/aromatic N) is 1. The Morgan fingerprint density at radius 2 is 2.20 bits per heavy atom. The molecule has 2 N–H and O–H groups in total. The highest BCUT2D eigenvalue weighted by atomic mass is 35.5. The highest BCUT2D eigenvalue weighted by Gasteiger charge is 2.18. The number of imide groups is 1.